The zero-order valence-electron chi connectivity index (χ0n) is 14.1. The minimum Gasteiger partial charge on any atom is -0.442 e. The molecular weight excluding hydrogens is 323 g/mol. The van der Waals surface area contributed by atoms with Gasteiger partial charge in [0.2, 0.25) is 5.91 Å². The first kappa shape index (κ1) is 17.0. The zero-order valence-corrected chi connectivity index (χ0v) is 14.1. The summed E-state index contributed by atoms with van der Waals surface area (Å²) in [5.41, 5.74) is 2.79. The van der Waals surface area contributed by atoms with Crippen molar-refractivity contribution in [3.63, 3.8) is 0 Å². The van der Waals surface area contributed by atoms with Crippen LogP contribution in [0.1, 0.15) is 12.5 Å². The van der Waals surface area contributed by atoms with Gasteiger partial charge in [0.05, 0.1) is 18.8 Å². The van der Waals surface area contributed by atoms with E-state index in [4.69, 9.17) is 4.74 Å². The SMILES string of the molecule is CC(=O)NC[C@H]1CN(c2ccc(-c3ccc(C)cc3)c(F)c2)C(=O)O1. The fourth-order valence-corrected chi connectivity index (χ4v) is 2.74. The number of carbonyl (C=O) groups is 2. The lowest BCUT2D eigenvalue weighted by Gasteiger charge is -2.14. The van der Waals surface area contributed by atoms with Crippen molar-refractivity contribution in [3.05, 3.63) is 53.8 Å². The second kappa shape index (κ2) is 6.93. The highest BCUT2D eigenvalue weighted by Crippen LogP contribution is 2.29. The smallest absolute Gasteiger partial charge is 0.414 e. The molecule has 3 rings (SSSR count). The molecule has 2 aromatic rings. The van der Waals surface area contributed by atoms with E-state index in [9.17, 15) is 14.0 Å². The quantitative estimate of drug-likeness (QED) is 0.928. The molecule has 130 valence electrons. The Balaban J connectivity index is 1.77. The van der Waals surface area contributed by atoms with Crippen molar-refractivity contribution >= 4 is 17.7 Å². The summed E-state index contributed by atoms with van der Waals surface area (Å²) < 4.78 is 19.7. The number of halogens is 1. The number of hydrogen-bond donors (Lipinski definition) is 1. The molecule has 1 N–H and O–H groups in total. The average Bonchev–Trinajstić information content (AvgIpc) is 2.95. The van der Waals surface area contributed by atoms with Crippen molar-refractivity contribution in [2.24, 2.45) is 0 Å². The third-order valence-electron chi connectivity index (χ3n) is 4.08. The van der Waals surface area contributed by atoms with Crippen molar-refractivity contribution in [1.82, 2.24) is 5.32 Å². The van der Waals surface area contributed by atoms with Crippen molar-refractivity contribution < 1.29 is 18.7 Å². The van der Waals surface area contributed by atoms with Gasteiger partial charge >= 0.3 is 6.09 Å². The lowest BCUT2D eigenvalue weighted by molar-refractivity contribution is -0.119. The normalized spacial score (nSPS) is 16.7. The number of amides is 2. The molecule has 1 fully saturated rings. The van der Waals surface area contributed by atoms with Gasteiger partial charge in [-0.1, -0.05) is 29.8 Å². The summed E-state index contributed by atoms with van der Waals surface area (Å²) in [4.78, 5) is 24.3. The van der Waals surface area contributed by atoms with Crippen molar-refractivity contribution in [3.8, 4) is 11.1 Å². The van der Waals surface area contributed by atoms with Crippen LogP contribution in [-0.4, -0.2) is 31.2 Å². The molecule has 0 aromatic heterocycles. The van der Waals surface area contributed by atoms with E-state index in [1.54, 1.807) is 12.1 Å². The number of carbonyl (C=O) groups excluding carboxylic acids is 2. The molecule has 1 aliphatic heterocycles. The molecule has 2 amide bonds. The number of benzene rings is 2. The summed E-state index contributed by atoms with van der Waals surface area (Å²) in [6.07, 6.45) is -0.992. The van der Waals surface area contributed by atoms with Crippen LogP contribution in [0.2, 0.25) is 0 Å². The molecule has 1 heterocycles. The molecule has 1 saturated heterocycles. The van der Waals surface area contributed by atoms with Gasteiger partial charge in [0.25, 0.3) is 0 Å². The van der Waals surface area contributed by atoms with E-state index in [2.05, 4.69) is 5.32 Å². The van der Waals surface area contributed by atoms with Crippen LogP contribution in [0.5, 0.6) is 0 Å². The summed E-state index contributed by atoms with van der Waals surface area (Å²) in [5.74, 6) is -0.595. The second-order valence-electron chi connectivity index (χ2n) is 6.08. The average molecular weight is 342 g/mol. The molecule has 25 heavy (non-hydrogen) atoms. The minimum absolute atomic E-state index is 0.192. The molecule has 1 atom stereocenters. The third-order valence-corrected chi connectivity index (χ3v) is 4.08. The molecule has 0 unspecified atom stereocenters. The van der Waals surface area contributed by atoms with Crippen molar-refractivity contribution in [1.29, 1.82) is 0 Å². The summed E-state index contributed by atoms with van der Waals surface area (Å²) in [7, 11) is 0. The highest BCUT2D eigenvalue weighted by atomic mass is 19.1. The van der Waals surface area contributed by atoms with E-state index >= 15 is 0 Å². The number of ether oxygens (including phenoxy) is 1. The first-order valence-corrected chi connectivity index (χ1v) is 8.03. The topological polar surface area (TPSA) is 58.6 Å². The predicted molar refractivity (Wildman–Crippen MR) is 92.9 cm³/mol. The molecule has 0 spiro atoms. The van der Waals surface area contributed by atoms with E-state index in [0.29, 0.717) is 11.3 Å². The molecule has 0 aliphatic carbocycles. The lowest BCUT2D eigenvalue weighted by Crippen LogP contribution is -2.33. The Hall–Kier alpha value is -2.89. The maximum Gasteiger partial charge on any atom is 0.414 e. The van der Waals surface area contributed by atoms with E-state index < -0.39 is 18.0 Å². The Morgan fingerprint density at radius 2 is 2.00 bits per heavy atom. The van der Waals surface area contributed by atoms with E-state index in [-0.39, 0.29) is 19.0 Å². The van der Waals surface area contributed by atoms with Crippen LogP contribution >= 0.6 is 0 Å². The molecule has 0 bridgehead atoms. The standard InChI is InChI=1S/C19H19FN2O3/c1-12-3-5-14(6-4-12)17-8-7-15(9-18(17)20)22-11-16(25-19(22)24)10-21-13(2)23/h3-9,16H,10-11H2,1-2H3,(H,21,23)/t16-/m0/s1. The Kier molecular flexibility index (Phi) is 4.70. The third kappa shape index (κ3) is 3.79. The molecular formula is C19H19FN2O3. The highest BCUT2D eigenvalue weighted by molar-refractivity contribution is 5.90. The van der Waals surface area contributed by atoms with Crippen molar-refractivity contribution in [2.45, 2.75) is 20.0 Å². The Morgan fingerprint density at radius 1 is 1.28 bits per heavy atom. The van der Waals surface area contributed by atoms with Crippen LogP contribution in [0.15, 0.2) is 42.5 Å². The van der Waals surface area contributed by atoms with E-state index in [1.165, 1.54) is 17.9 Å². The van der Waals surface area contributed by atoms with Crippen LogP contribution in [0.25, 0.3) is 11.1 Å². The van der Waals surface area contributed by atoms with E-state index in [1.807, 2.05) is 31.2 Å². The molecule has 0 radical (unpaired) electrons. The summed E-state index contributed by atoms with van der Waals surface area (Å²) in [6.45, 7) is 3.87. The first-order chi connectivity index (χ1) is 11.9. The largest absolute Gasteiger partial charge is 0.442 e. The fraction of sp³-hybridized carbons (Fsp3) is 0.263. The van der Waals surface area contributed by atoms with Gasteiger partial charge in [-0.3, -0.25) is 9.69 Å². The summed E-state index contributed by atoms with van der Waals surface area (Å²) >= 11 is 0. The summed E-state index contributed by atoms with van der Waals surface area (Å²) in [6, 6.07) is 12.3. The second-order valence-corrected chi connectivity index (χ2v) is 6.08. The van der Waals surface area contributed by atoms with Gasteiger partial charge < -0.3 is 10.1 Å². The number of nitrogens with zero attached hydrogens (tertiary/aromatic N) is 1. The Bertz CT molecular complexity index is 805. The maximum atomic E-state index is 14.5. The number of aryl methyl sites for hydroxylation is 1. The van der Waals surface area contributed by atoms with Gasteiger partial charge in [-0.25, -0.2) is 9.18 Å². The molecule has 1 aliphatic rings. The highest BCUT2D eigenvalue weighted by Gasteiger charge is 2.32. The van der Waals surface area contributed by atoms with Gasteiger partial charge in [-0.15, -0.1) is 0 Å². The lowest BCUT2D eigenvalue weighted by atomic mass is 10.0. The number of hydrogen-bond acceptors (Lipinski definition) is 3. The fourth-order valence-electron chi connectivity index (χ4n) is 2.74. The number of cyclic esters (lactones) is 1. The van der Waals surface area contributed by atoms with Gasteiger partial charge in [-0.05, 0) is 30.7 Å². The van der Waals surface area contributed by atoms with Crippen molar-refractivity contribution in [2.75, 3.05) is 18.0 Å². The first-order valence-electron chi connectivity index (χ1n) is 8.03. The summed E-state index contributed by atoms with van der Waals surface area (Å²) in [5, 5.41) is 2.61. The van der Waals surface area contributed by atoms with E-state index in [0.717, 1.165) is 11.1 Å². The molecule has 5 nitrogen and oxygen atoms in total. The van der Waals surface area contributed by atoms with Crippen LogP contribution in [0.3, 0.4) is 0 Å². The van der Waals surface area contributed by atoms with Gasteiger partial charge in [0, 0.05) is 12.5 Å². The molecule has 0 saturated carbocycles. The monoisotopic (exact) mass is 342 g/mol. The molecule has 6 heteroatoms. The molecule has 2 aromatic carbocycles. The van der Waals surface area contributed by atoms with Gasteiger partial charge in [0.1, 0.15) is 11.9 Å². The Labute approximate surface area is 145 Å². The number of nitrogens with one attached hydrogen (secondary N) is 1. The van der Waals surface area contributed by atoms with Crippen LogP contribution in [0, 0.1) is 12.7 Å². The van der Waals surface area contributed by atoms with Crippen LogP contribution < -0.4 is 10.2 Å². The van der Waals surface area contributed by atoms with Gasteiger partial charge in [0.15, 0.2) is 0 Å². The maximum absolute atomic E-state index is 14.5. The predicted octanol–water partition coefficient (Wildman–Crippen LogP) is 3.26. The van der Waals surface area contributed by atoms with Crippen LogP contribution in [0.4, 0.5) is 14.9 Å². The van der Waals surface area contributed by atoms with Crippen LogP contribution in [-0.2, 0) is 9.53 Å². The Morgan fingerprint density at radius 3 is 2.64 bits per heavy atom. The minimum atomic E-state index is -0.544. The number of rotatable bonds is 4. The zero-order chi connectivity index (χ0) is 18.0. The van der Waals surface area contributed by atoms with Gasteiger partial charge in [-0.2, -0.15) is 0 Å². The number of anilines is 1.